The summed E-state index contributed by atoms with van der Waals surface area (Å²) in [5.41, 5.74) is -0.150. The number of aromatic nitrogens is 1. The van der Waals surface area contributed by atoms with Crippen molar-refractivity contribution < 1.29 is 18.0 Å². The van der Waals surface area contributed by atoms with Crippen LogP contribution in [0, 0.1) is 17.8 Å². The smallest absolute Gasteiger partial charge is 0.321 e. The van der Waals surface area contributed by atoms with Crippen LogP contribution in [0.5, 0.6) is 0 Å². The van der Waals surface area contributed by atoms with Gasteiger partial charge in [0.25, 0.3) is 0 Å². The van der Waals surface area contributed by atoms with E-state index in [0.717, 1.165) is 19.3 Å². The van der Waals surface area contributed by atoms with Crippen LogP contribution in [0.4, 0.5) is 4.79 Å². The number of thioether (sulfide) groups is 1. The van der Waals surface area contributed by atoms with Crippen LogP contribution < -0.4 is 10.6 Å². The van der Waals surface area contributed by atoms with Gasteiger partial charge in [0, 0.05) is 24.8 Å². The summed E-state index contributed by atoms with van der Waals surface area (Å²) in [6.45, 7) is 6.06. The van der Waals surface area contributed by atoms with Crippen LogP contribution in [-0.4, -0.2) is 53.5 Å². The van der Waals surface area contributed by atoms with Crippen molar-refractivity contribution in [3.05, 3.63) is 18.3 Å². The minimum absolute atomic E-state index is 0.127. The van der Waals surface area contributed by atoms with Crippen LogP contribution in [0.15, 0.2) is 28.3 Å². The van der Waals surface area contributed by atoms with Crippen molar-refractivity contribution in [2.24, 2.45) is 17.8 Å². The number of carbonyl (C=O) groups is 2. The zero-order valence-electron chi connectivity index (χ0n) is 19.5. The first-order chi connectivity index (χ1) is 15.6. The van der Waals surface area contributed by atoms with Crippen LogP contribution >= 0.6 is 11.8 Å². The topological polar surface area (TPSA) is 108 Å². The second-order valence-corrected chi connectivity index (χ2v) is 13.1. The molecule has 0 aromatic carbocycles. The summed E-state index contributed by atoms with van der Waals surface area (Å²) in [4.78, 5) is 29.6. The Balaban J connectivity index is 1.31. The maximum atomic E-state index is 12.6. The fourth-order valence-electron chi connectivity index (χ4n) is 6.29. The molecule has 0 unspecified atom stereocenters. The Morgan fingerprint density at radius 1 is 1.12 bits per heavy atom. The Bertz CT molecular complexity index is 957. The minimum atomic E-state index is -3.57. The number of hydrogen-bond acceptors (Lipinski definition) is 6. The van der Waals surface area contributed by atoms with Gasteiger partial charge in [-0.15, -0.1) is 0 Å². The van der Waals surface area contributed by atoms with Gasteiger partial charge in [0.2, 0.25) is 15.9 Å². The third-order valence-electron chi connectivity index (χ3n) is 7.37. The summed E-state index contributed by atoms with van der Waals surface area (Å²) < 4.78 is 26.5. The Hall–Kier alpha value is -1.65. The number of urea groups is 1. The van der Waals surface area contributed by atoms with Gasteiger partial charge < -0.3 is 5.32 Å². The molecule has 0 aliphatic heterocycles. The van der Waals surface area contributed by atoms with Gasteiger partial charge in [0.05, 0.1) is 10.3 Å². The Morgan fingerprint density at radius 3 is 2.18 bits per heavy atom. The molecule has 1 aromatic heterocycles. The molecule has 4 fully saturated rings. The molecule has 2 N–H and O–H groups in total. The molecule has 8 nitrogen and oxygen atoms in total. The first-order valence-electron chi connectivity index (χ1n) is 11.9. The largest absolute Gasteiger partial charge is 0.332 e. The lowest BCUT2D eigenvalue weighted by Gasteiger charge is -2.56. The first kappa shape index (κ1) is 24.5. The van der Waals surface area contributed by atoms with E-state index in [4.69, 9.17) is 0 Å². The fourth-order valence-corrected chi connectivity index (χ4v) is 8.48. The summed E-state index contributed by atoms with van der Waals surface area (Å²) in [6, 6.07) is 2.69. The lowest BCUT2D eigenvalue weighted by Crippen LogP contribution is -2.62. The Kier molecular flexibility index (Phi) is 7.08. The Morgan fingerprint density at radius 2 is 1.70 bits per heavy atom. The van der Waals surface area contributed by atoms with Gasteiger partial charge in [-0.25, -0.2) is 18.2 Å². The molecule has 5 rings (SSSR count). The molecule has 0 saturated heterocycles. The normalized spacial score (nSPS) is 29.2. The van der Waals surface area contributed by atoms with E-state index >= 15 is 0 Å². The monoisotopic (exact) mass is 494 g/mol. The molecule has 1 aromatic rings. The molecule has 4 aliphatic carbocycles. The van der Waals surface area contributed by atoms with E-state index in [9.17, 15) is 18.0 Å². The molecule has 182 valence electrons. The van der Waals surface area contributed by atoms with Gasteiger partial charge in [-0.05, 0) is 75.3 Å². The van der Waals surface area contributed by atoms with E-state index in [2.05, 4.69) is 15.6 Å². The second kappa shape index (κ2) is 9.54. The maximum Gasteiger partial charge on any atom is 0.321 e. The van der Waals surface area contributed by atoms with E-state index in [1.54, 1.807) is 26.8 Å². The highest BCUT2D eigenvalue weighted by Gasteiger charge is 2.51. The SMILES string of the molecule is CCN(CC)S(=O)(=O)c1ccc(S[C@H](C)C(=O)NC(=O)NC23CC4CC(CC(C4)C2)C3)nc1. The summed E-state index contributed by atoms with van der Waals surface area (Å²) in [7, 11) is -3.57. The molecule has 3 amide bonds. The average molecular weight is 495 g/mol. The van der Waals surface area contributed by atoms with Gasteiger partial charge in [-0.1, -0.05) is 25.6 Å². The summed E-state index contributed by atoms with van der Waals surface area (Å²) in [6.07, 6.45) is 8.26. The highest BCUT2D eigenvalue weighted by molar-refractivity contribution is 8.00. The molecular weight excluding hydrogens is 460 g/mol. The third-order valence-corrected chi connectivity index (χ3v) is 10.5. The van der Waals surface area contributed by atoms with Crippen molar-refractivity contribution in [2.45, 2.75) is 80.0 Å². The summed E-state index contributed by atoms with van der Waals surface area (Å²) >= 11 is 1.19. The van der Waals surface area contributed by atoms with E-state index in [0.29, 0.717) is 35.9 Å². The predicted molar refractivity (Wildman–Crippen MR) is 127 cm³/mol. The third kappa shape index (κ3) is 5.22. The van der Waals surface area contributed by atoms with Crippen molar-refractivity contribution >= 4 is 33.7 Å². The molecule has 1 heterocycles. The second-order valence-electron chi connectivity index (χ2n) is 9.82. The molecule has 10 heteroatoms. The average Bonchev–Trinajstić information content (AvgIpc) is 2.73. The highest BCUT2D eigenvalue weighted by atomic mass is 32.2. The van der Waals surface area contributed by atoms with Crippen molar-refractivity contribution in [2.75, 3.05) is 13.1 Å². The molecule has 4 bridgehead atoms. The number of rotatable bonds is 8. The summed E-state index contributed by atoms with van der Waals surface area (Å²) in [5.74, 6) is 1.74. The van der Waals surface area contributed by atoms with E-state index in [1.807, 2.05) is 0 Å². The maximum absolute atomic E-state index is 12.6. The van der Waals surface area contributed by atoms with Gasteiger partial charge in [-0.3, -0.25) is 10.1 Å². The molecule has 1 atom stereocenters. The lowest BCUT2D eigenvalue weighted by molar-refractivity contribution is -0.119. The summed E-state index contributed by atoms with van der Waals surface area (Å²) in [5, 5.41) is 5.63. The zero-order chi connectivity index (χ0) is 23.8. The number of sulfonamides is 1. The molecular formula is C23H34N4O4S2. The quantitative estimate of drug-likeness (QED) is 0.536. The fraction of sp³-hybridized carbons (Fsp3) is 0.696. The van der Waals surface area contributed by atoms with Crippen molar-refractivity contribution in [1.29, 1.82) is 0 Å². The van der Waals surface area contributed by atoms with Crippen LogP contribution in [0.2, 0.25) is 0 Å². The molecule has 4 aliphatic rings. The van der Waals surface area contributed by atoms with Crippen molar-refractivity contribution in [3.63, 3.8) is 0 Å². The first-order valence-corrected chi connectivity index (χ1v) is 14.2. The minimum Gasteiger partial charge on any atom is -0.332 e. The number of hydrogen-bond donors (Lipinski definition) is 2. The Labute approximate surface area is 200 Å². The van der Waals surface area contributed by atoms with Gasteiger partial charge in [0.15, 0.2) is 0 Å². The highest BCUT2D eigenvalue weighted by Crippen LogP contribution is 2.55. The van der Waals surface area contributed by atoms with E-state index in [-0.39, 0.29) is 16.3 Å². The number of pyridine rings is 1. The van der Waals surface area contributed by atoms with Crippen LogP contribution in [0.3, 0.4) is 0 Å². The zero-order valence-corrected chi connectivity index (χ0v) is 21.2. The van der Waals surface area contributed by atoms with E-state index in [1.165, 1.54) is 47.6 Å². The number of nitrogens with zero attached hydrogens (tertiary/aromatic N) is 2. The van der Waals surface area contributed by atoms with Crippen molar-refractivity contribution in [1.82, 2.24) is 19.9 Å². The van der Waals surface area contributed by atoms with Crippen LogP contribution in [0.25, 0.3) is 0 Å². The van der Waals surface area contributed by atoms with Crippen LogP contribution in [-0.2, 0) is 14.8 Å². The lowest BCUT2D eigenvalue weighted by atomic mass is 9.53. The van der Waals surface area contributed by atoms with Gasteiger partial charge >= 0.3 is 6.03 Å². The van der Waals surface area contributed by atoms with Crippen molar-refractivity contribution in [3.8, 4) is 0 Å². The van der Waals surface area contributed by atoms with Gasteiger partial charge in [-0.2, -0.15) is 4.31 Å². The predicted octanol–water partition coefficient (Wildman–Crippen LogP) is 3.39. The number of nitrogens with one attached hydrogen (secondary N) is 2. The van der Waals surface area contributed by atoms with Crippen LogP contribution in [0.1, 0.15) is 59.3 Å². The molecule has 0 radical (unpaired) electrons. The van der Waals surface area contributed by atoms with E-state index < -0.39 is 21.3 Å². The standard InChI is InChI=1S/C23H34N4O4S2/c1-4-27(5-2)33(30,31)19-6-7-20(24-14-19)32-15(3)21(28)25-22(29)26-23-11-16-8-17(12-23)10-18(9-16)13-23/h6-7,14-18H,4-5,8-13H2,1-3H3,(H2,25,26,28,29)/t15-,16?,17?,18?,23?/m1/s1. The molecule has 4 saturated carbocycles. The number of carbonyl (C=O) groups excluding carboxylic acids is 2. The number of imide groups is 1. The molecule has 0 spiro atoms. The van der Waals surface area contributed by atoms with Gasteiger partial charge in [0.1, 0.15) is 4.90 Å². The number of amides is 3. The molecule has 33 heavy (non-hydrogen) atoms.